The van der Waals surface area contributed by atoms with Gasteiger partial charge < -0.3 is 40.3 Å². The maximum Gasteiger partial charge on any atom is 0.291 e. The lowest BCUT2D eigenvalue weighted by Gasteiger charge is -2.46. The molecule has 2 amide bonds. The van der Waals surface area contributed by atoms with Crippen LogP contribution in [0.2, 0.25) is 0 Å². The summed E-state index contributed by atoms with van der Waals surface area (Å²) in [5, 5.41) is 25.7. The van der Waals surface area contributed by atoms with Crippen molar-refractivity contribution in [2.45, 2.75) is 181 Å². The Bertz CT molecular complexity index is 2940. The first-order valence-corrected chi connectivity index (χ1v) is 23.5. The lowest BCUT2D eigenvalue weighted by molar-refractivity contribution is -0.187. The Morgan fingerprint density at radius 2 is 1.16 bits per heavy atom. The maximum atomic E-state index is 13.0. The number of aryl methyl sites for hydroxylation is 2. The van der Waals surface area contributed by atoms with Crippen molar-refractivity contribution in [3.8, 4) is 0 Å². The second-order valence-electron chi connectivity index (χ2n) is 22.2. The van der Waals surface area contributed by atoms with Gasteiger partial charge in [0.2, 0.25) is 0 Å². The van der Waals surface area contributed by atoms with Crippen molar-refractivity contribution >= 4 is 34.3 Å². The van der Waals surface area contributed by atoms with Crippen LogP contribution in [-0.2, 0) is 9.47 Å². The SMILES string of the molecule is [2H]C1=C(c2nc(C3CC(C)(C)OC(C)(CO)C3)ccc2NC(=O)c2ncc(C)[nH]2)C([2H])([2H])C([2H])C(C)(C)C1.[2H]C1=C(c2nc(C3CC(C)(C)OC(C)(CO)C3)ccc2NC(=O)c2ncc(C)[nH]2)C([2H])([2H])CC(C)(C)C1[2H].[HH].[HH].[HH].[HH]. The number of nitrogens with zero attached hydrogens (tertiary/aromatic N) is 4. The van der Waals surface area contributed by atoms with E-state index in [2.05, 4.69) is 30.6 Å². The van der Waals surface area contributed by atoms with E-state index in [4.69, 9.17) is 30.4 Å². The highest BCUT2D eigenvalue weighted by Gasteiger charge is 2.44. The third kappa shape index (κ3) is 12.4. The smallest absolute Gasteiger partial charge is 0.291 e. The molecule has 0 spiro atoms. The quantitative estimate of drug-likeness (QED) is 0.0889. The molecule has 0 bridgehead atoms. The largest absolute Gasteiger partial charge is 0.393 e. The molecule has 68 heavy (non-hydrogen) atoms. The molecular weight excluding hydrogens is 857 g/mol. The molecule has 0 aromatic carbocycles. The van der Waals surface area contributed by atoms with Crippen LogP contribution < -0.4 is 10.6 Å². The molecule has 376 valence electrons. The van der Waals surface area contributed by atoms with Crippen LogP contribution in [0.25, 0.3) is 11.1 Å². The minimum atomic E-state index is -2.18. The maximum absolute atomic E-state index is 13.0. The summed E-state index contributed by atoms with van der Waals surface area (Å²) in [5.74, 6) is -1.04. The first kappa shape index (κ1) is 40.8. The highest BCUT2D eigenvalue weighted by Crippen LogP contribution is 2.47. The van der Waals surface area contributed by atoms with Crippen molar-refractivity contribution in [1.29, 1.82) is 0 Å². The van der Waals surface area contributed by atoms with Gasteiger partial charge in [0.25, 0.3) is 11.8 Å². The average molecular weight is 949 g/mol. The summed E-state index contributed by atoms with van der Waals surface area (Å²) in [6.45, 7) is 22.0. The van der Waals surface area contributed by atoms with Gasteiger partial charge in [-0.3, -0.25) is 19.6 Å². The number of aromatic amines is 2. The van der Waals surface area contributed by atoms with Crippen molar-refractivity contribution in [2.24, 2.45) is 10.8 Å². The monoisotopic (exact) mass is 949 g/mol. The molecule has 14 nitrogen and oxygen atoms in total. The molecule has 0 saturated carbocycles. The van der Waals surface area contributed by atoms with Crippen molar-refractivity contribution in [3.05, 3.63) is 94.6 Å². The molecule has 2 saturated heterocycles. The van der Waals surface area contributed by atoms with Gasteiger partial charge in [0.1, 0.15) is 0 Å². The van der Waals surface area contributed by atoms with Gasteiger partial charge in [-0.05, 0) is 166 Å². The van der Waals surface area contributed by atoms with Crippen LogP contribution in [0.5, 0.6) is 0 Å². The zero-order valence-corrected chi connectivity index (χ0v) is 41.7. The predicted octanol–water partition coefficient (Wildman–Crippen LogP) is 11.7. The first-order valence-electron chi connectivity index (χ1n) is 27.7. The van der Waals surface area contributed by atoms with Crippen molar-refractivity contribution in [3.63, 3.8) is 0 Å². The van der Waals surface area contributed by atoms with Gasteiger partial charge in [-0.2, -0.15) is 0 Å². The molecule has 6 unspecified atom stereocenters. The third-order valence-electron chi connectivity index (χ3n) is 12.7. The van der Waals surface area contributed by atoms with Gasteiger partial charge in [0.05, 0.1) is 61.1 Å². The second-order valence-corrected chi connectivity index (χ2v) is 22.2. The fourth-order valence-electron chi connectivity index (χ4n) is 9.57. The summed E-state index contributed by atoms with van der Waals surface area (Å²) < 4.78 is 82.9. The van der Waals surface area contributed by atoms with Crippen LogP contribution in [0.3, 0.4) is 0 Å². The number of nitrogens with one attached hydrogen (secondary N) is 4. The lowest BCUT2D eigenvalue weighted by atomic mass is 9.77. The zero-order valence-electron chi connectivity index (χ0n) is 49.7. The lowest BCUT2D eigenvalue weighted by Crippen LogP contribution is -2.48. The van der Waals surface area contributed by atoms with Gasteiger partial charge in [-0.25, -0.2) is 9.97 Å². The summed E-state index contributed by atoms with van der Waals surface area (Å²) in [6, 6.07) is 6.86. The topological polar surface area (TPSA) is 200 Å². The second kappa shape index (κ2) is 19.4. The molecule has 6 N–H and O–H groups in total. The van der Waals surface area contributed by atoms with Crippen LogP contribution in [0.1, 0.15) is 217 Å². The molecule has 2 aliphatic carbocycles. The number of aliphatic hydroxyl groups is 2. The number of anilines is 2. The number of carbonyl (C=O) groups excluding carboxylic acids is 2. The van der Waals surface area contributed by atoms with Gasteiger partial charge in [0, 0.05) is 60.9 Å². The van der Waals surface area contributed by atoms with Gasteiger partial charge in [-0.1, -0.05) is 39.8 Å². The Labute approximate surface area is 420 Å². The van der Waals surface area contributed by atoms with Gasteiger partial charge in [0.15, 0.2) is 11.6 Å². The fourth-order valence-corrected chi connectivity index (χ4v) is 9.57. The Morgan fingerprint density at radius 3 is 1.59 bits per heavy atom. The Balaban J connectivity index is 0.000000400. The van der Waals surface area contributed by atoms with Crippen molar-refractivity contribution < 1.29 is 45.9 Å². The third-order valence-corrected chi connectivity index (χ3v) is 12.7. The number of hydrogen-bond acceptors (Lipinski definition) is 10. The van der Waals surface area contributed by atoms with E-state index in [0.717, 1.165) is 11.4 Å². The molecule has 2 aliphatic heterocycles. The molecular formula is C54H84N8O6. The molecule has 2 fully saturated rings. The van der Waals surface area contributed by atoms with E-state index >= 15 is 0 Å². The van der Waals surface area contributed by atoms with E-state index in [-0.39, 0.29) is 101 Å². The number of pyridine rings is 2. The van der Waals surface area contributed by atoms with Crippen molar-refractivity contribution in [2.75, 3.05) is 23.8 Å². The Hall–Kier alpha value is -5.02. The van der Waals surface area contributed by atoms with Crippen LogP contribution in [0, 0.1) is 24.7 Å². The van der Waals surface area contributed by atoms with Crippen LogP contribution >= 0.6 is 0 Å². The minimum Gasteiger partial charge on any atom is -0.393 e. The van der Waals surface area contributed by atoms with Crippen LogP contribution in [0.15, 0.2) is 48.8 Å². The van der Waals surface area contributed by atoms with Crippen LogP contribution in [-0.4, -0.2) is 87.5 Å². The molecule has 4 aromatic heterocycles. The molecule has 8 rings (SSSR count). The van der Waals surface area contributed by atoms with E-state index < -0.39 is 70.6 Å². The summed E-state index contributed by atoms with van der Waals surface area (Å²) >= 11 is 0. The molecule has 0 radical (unpaired) electrons. The molecule has 4 aromatic rings. The number of amides is 2. The summed E-state index contributed by atoms with van der Waals surface area (Å²) in [6.07, 6.45) is -0.634. The number of carbonyl (C=O) groups is 2. The van der Waals surface area contributed by atoms with E-state index in [1.165, 1.54) is 0 Å². The van der Waals surface area contributed by atoms with E-state index in [1.54, 1.807) is 78.2 Å². The normalized spacial score (nSPS) is 31.7. The number of rotatable bonds is 10. The summed E-state index contributed by atoms with van der Waals surface area (Å²) in [4.78, 5) is 49.7. The van der Waals surface area contributed by atoms with E-state index in [9.17, 15) is 19.8 Å². The number of imidazole rings is 2. The number of aliphatic hydroxyl groups excluding tert-OH is 2. The molecule has 6 heterocycles. The molecule has 4 aliphatic rings. The minimum absolute atomic E-state index is 0. The number of allylic oxidation sites excluding steroid dienone is 4. The highest BCUT2D eigenvalue weighted by molar-refractivity contribution is 6.03. The standard InChI is InChI=1S/2C27H38N4O3.4H2/c2*1-17-15-28-23(29-17)24(33)31-21-8-7-20(19-13-26(4,5)34-27(6,14-19)16-32)30-22(21)18-9-11-25(2,3)12-10-18;;;;/h2*7-9,15,19,32H,10-14,16H2,1-6H3,(H,28,29)(H,31,33);4*1H/i9D,10D2,12D;9D,10D2,11D;;;;. The van der Waals surface area contributed by atoms with Crippen LogP contribution in [0.4, 0.5) is 11.4 Å². The van der Waals surface area contributed by atoms with E-state index in [1.807, 2.05) is 41.5 Å². The van der Waals surface area contributed by atoms with E-state index in [0.29, 0.717) is 37.1 Å². The Morgan fingerprint density at radius 1 is 0.706 bits per heavy atom. The average Bonchev–Trinajstić information content (AvgIpc) is 3.95. The highest BCUT2D eigenvalue weighted by atomic mass is 16.5. The van der Waals surface area contributed by atoms with Crippen molar-refractivity contribution in [1.82, 2.24) is 29.9 Å². The van der Waals surface area contributed by atoms with Gasteiger partial charge in [-0.15, -0.1) is 0 Å². The number of hydrogen-bond donors (Lipinski definition) is 6. The Kier molecular flexibility index (Phi) is 11.7. The molecule has 6 atom stereocenters. The summed E-state index contributed by atoms with van der Waals surface area (Å²) in [5.41, 5.74) is -0.500. The fraction of sp³-hybridized carbons (Fsp3) is 0.593. The predicted molar refractivity (Wildman–Crippen MR) is 276 cm³/mol. The zero-order chi connectivity index (χ0) is 56.5. The molecule has 14 heteroatoms. The summed E-state index contributed by atoms with van der Waals surface area (Å²) in [7, 11) is 0. The number of ether oxygens (including phenoxy) is 2. The number of aromatic nitrogens is 6. The van der Waals surface area contributed by atoms with Gasteiger partial charge >= 0.3 is 0 Å². The number of H-pyrrole nitrogens is 2. The first-order chi connectivity index (χ1) is 34.9.